The number of aryl methyl sites for hydroxylation is 1. The van der Waals surface area contributed by atoms with Crippen LogP contribution in [0.1, 0.15) is 48.6 Å². The van der Waals surface area contributed by atoms with E-state index in [1.807, 2.05) is 20.8 Å². The first kappa shape index (κ1) is 14.5. The van der Waals surface area contributed by atoms with Crippen LogP contribution in [0.2, 0.25) is 0 Å². The van der Waals surface area contributed by atoms with Crippen molar-refractivity contribution in [1.29, 1.82) is 0 Å². The number of hydrogen-bond donors (Lipinski definition) is 3. The van der Waals surface area contributed by atoms with Crippen molar-refractivity contribution in [1.82, 2.24) is 15.6 Å². The predicted octanol–water partition coefficient (Wildman–Crippen LogP) is 1.22. The molecule has 0 radical (unpaired) electrons. The quantitative estimate of drug-likeness (QED) is 0.772. The molecule has 2 rings (SSSR count). The standard InChI is InChI=1S/C14H19N3O3/c1-7(2)14(4)13(20)16-11(17-14)10-9(12(18)19)5-8(3)6-15-10/h5-7,11,17H,1-4H3,(H,16,20)(H,18,19)/t11-,14+/m1/s1. The lowest BCUT2D eigenvalue weighted by Gasteiger charge is -2.26. The van der Waals surface area contributed by atoms with E-state index in [1.54, 1.807) is 19.2 Å². The van der Waals surface area contributed by atoms with E-state index in [4.69, 9.17) is 0 Å². The average molecular weight is 277 g/mol. The molecule has 0 spiro atoms. The summed E-state index contributed by atoms with van der Waals surface area (Å²) in [4.78, 5) is 27.6. The second kappa shape index (κ2) is 4.86. The lowest BCUT2D eigenvalue weighted by molar-refractivity contribution is -0.125. The number of amides is 1. The smallest absolute Gasteiger partial charge is 0.337 e. The number of aromatic nitrogens is 1. The van der Waals surface area contributed by atoms with Gasteiger partial charge in [-0.05, 0) is 31.4 Å². The van der Waals surface area contributed by atoms with Gasteiger partial charge >= 0.3 is 5.97 Å². The van der Waals surface area contributed by atoms with E-state index < -0.39 is 17.7 Å². The van der Waals surface area contributed by atoms with Crippen LogP contribution >= 0.6 is 0 Å². The van der Waals surface area contributed by atoms with Crippen molar-refractivity contribution < 1.29 is 14.7 Å². The zero-order chi connectivity index (χ0) is 15.1. The van der Waals surface area contributed by atoms with Gasteiger partial charge in [0, 0.05) is 6.20 Å². The fourth-order valence-electron chi connectivity index (χ4n) is 2.23. The van der Waals surface area contributed by atoms with Gasteiger partial charge in [-0.3, -0.25) is 15.1 Å². The van der Waals surface area contributed by atoms with Crippen molar-refractivity contribution in [3.63, 3.8) is 0 Å². The molecule has 0 aromatic carbocycles. The van der Waals surface area contributed by atoms with E-state index in [0.717, 1.165) is 5.56 Å². The summed E-state index contributed by atoms with van der Waals surface area (Å²) in [5.41, 5.74) is 0.478. The summed E-state index contributed by atoms with van der Waals surface area (Å²) >= 11 is 0. The van der Waals surface area contributed by atoms with E-state index in [9.17, 15) is 14.7 Å². The highest BCUT2D eigenvalue weighted by Crippen LogP contribution is 2.28. The van der Waals surface area contributed by atoms with Crippen LogP contribution < -0.4 is 10.6 Å². The molecule has 1 saturated heterocycles. The molecule has 6 heteroatoms. The Balaban J connectivity index is 2.40. The lowest BCUT2D eigenvalue weighted by atomic mass is 9.89. The summed E-state index contributed by atoms with van der Waals surface area (Å²) in [5, 5.41) is 15.2. The Morgan fingerprint density at radius 1 is 1.50 bits per heavy atom. The topological polar surface area (TPSA) is 91.3 Å². The summed E-state index contributed by atoms with van der Waals surface area (Å²) in [7, 11) is 0. The van der Waals surface area contributed by atoms with Crippen molar-refractivity contribution in [2.75, 3.05) is 0 Å². The summed E-state index contributed by atoms with van der Waals surface area (Å²) in [5.74, 6) is -1.12. The Morgan fingerprint density at radius 3 is 2.65 bits per heavy atom. The molecule has 0 unspecified atom stereocenters. The minimum Gasteiger partial charge on any atom is -0.478 e. The molecule has 3 N–H and O–H groups in total. The maximum absolute atomic E-state index is 12.1. The molecule has 6 nitrogen and oxygen atoms in total. The van der Waals surface area contributed by atoms with Crippen molar-refractivity contribution in [2.24, 2.45) is 5.92 Å². The maximum Gasteiger partial charge on any atom is 0.337 e. The monoisotopic (exact) mass is 277 g/mol. The molecule has 0 aliphatic carbocycles. The molecule has 1 aromatic rings. The molecular weight excluding hydrogens is 258 g/mol. The average Bonchev–Trinajstić information content (AvgIpc) is 2.66. The molecule has 0 bridgehead atoms. The van der Waals surface area contributed by atoms with E-state index >= 15 is 0 Å². The molecule has 2 heterocycles. The second-order valence-corrected chi connectivity index (χ2v) is 5.66. The molecule has 1 fully saturated rings. The Bertz CT molecular complexity index is 571. The van der Waals surface area contributed by atoms with Crippen LogP contribution in [0.25, 0.3) is 0 Å². The van der Waals surface area contributed by atoms with Crippen LogP contribution in [-0.4, -0.2) is 27.5 Å². The van der Waals surface area contributed by atoms with Gasteiger partial charge in [0.1, 0.15) is 6.17 Å². The van der Waals surface area contributed by atoms with Crippen LogP contribution in [0.4, 0.5) is 0 Å². The third-order valence-electron chi connectivity index (χ3n) is 3.91. The van der Waals surface area contributed by atoms with Crippen LogP contribution in [0.3, 0.4) is 0 Å². The fourth-order valence-corrected chi connectivity index (χ4v) is 2.23. The molecule has 20 heavy (non-hydrogen) atoms. The number of rotatable bonds is 3. The largest absolute Gasteiger partial charge is 0.478 e. The number of pyridine rings is 1. The van der Waals surface area contributed by atoms with Gasteiger partial charge in [0.05, 0.1) is 16.8 Å². The Kier molecular flexibility index (Phi) is 3.52. The molecule has 1 aliphatic heterocycles. The van der Waals surface area contributed by atoms with Crippen molar-refractivity contribution in [3.05, 3.63) is 29.1 Å². The summed E-state index contributed by atoms with van der Waals surface area (Å²) in [6.07, 6.45) is 1.02. The first-order valence-electron chi connectivity index (χ1n) is 6.54. The number of carbonyl (C=O) groups is 2. The normalized spacial score (nSPS) is 25.9. The molecule has 1 amide bonds. The van der Waals surface area contributed by atoms with Crippen molar-refractivity contribution in [3.8, 4) is 0 Å². The second-order valence-electron chi connectivity index (χ2n) is 5.66. The van der Waals surface area contributed by atoms with Gasteiger partial charge in [0.25, 0.3) is 0 Å². The Labute approximate surface area is 117 Å². The molecule has 0 saturated carbocycles. The first-order valence-corrected chi connectivity index (χ1v) is 6.54. The fraction of sp³-hybridized carbons (Fsp3) is 0.500. The van der Waals surface area contributed by atoms with E-state index in [1.165, 1.54) is 0 Å². The molecular formula is C14H19N3O3. The van der Waals surface area contributed by atoms with Gasteiger partial charge < -0.3 is 10.4 Å². The predicted molar refractivity (Wildman–Crippen MR) is 73.2 cm³/mol. The van der Waals surface area contributed by atoms with E-state index in [-0.39, 0.29) is 17.4 Å². The SMILES string of the molecule is Cc1cnc([C@@H]2NC(=O)[C@](C)(C(C)C)N2)c(C(=O)O)c1. The number of hydrogen-bond acceptors (Lipinski definition) is 4. The van der Waals surface area contributed by atoms with Crippen LogP contribution in [-0.2, 0) is 4.79 Å². The minimum atomic E-state index is -1.05. The summed E-state index contributed by atoms with van der Waals surface area (Å²) in [6.45, 7) is 7.47. The van der Waals surface area contributed by atoms with Crippen LogP contribution in [0.15, 0.2) is 12.3 Å². The van der Waals surface area contributed by atoms with E-state index in [2.05, 4.69) is 15.6 Å². The van der Waals surface area contributed by atoms with Crippen LogP contribution in [0, 0.1) is 12.8 Å². The maximum atomic E-state index is 12.1. The Hall–Kier alpha value is -1.95. The number of aromatic carboxylic acids is 1. The summed E-state index contributed by atoms with van der Waals surface area (Å²) in [6, 6.07) is 1.56. The zero-order valence-electron chi connectivity index (χ0n) is 12.0. The van der Waals surface area contributed by atoms with Gasteiger partial charge in [0.2, 0.25) is 5.91 Å². The van der Waals surface area contributed by atoms with Crippen LogP contribution in [0.5, 0.6) is 0 Å². The summed E-state index contributed by atoms with van der Waals surface area (Å²) < 4.78 is 0. The molecule has 1 aromatic heterocycles. The van der Waals surface area contributed by atoms with Crippen molar-refractivity contribution in [2.45, 2.75) is 39.4 Å². The number of nitrogens with zero attached hydrogens (tertiary/aromatic N) is 1. The Morgan fingerprint density at radius 2 is 2.15 bits per heavy atom. The highest BCUT2D eigenvalue weighted by atomic mass is 16.4. The zero-order valence-corrected chi connectivity index (χ0v) is 12.0. The third kappa shape index (κ3) is 2.27. The lowest BCUT2D eigenvalue weighted by Crippen LogP contribution is -2.48. The number of carbonyl (C=O) groups excluding carboxylic acids is 1. The highest BCUT2D eigenvalue weighted by Gasteiger charge is 2.46. The van der Waals surface area contributed by atoms with Gasteiger partial charge in [-0.25, -0.2) is 4.79 Å². The molecule has 108 valence electrons. The molecule has 1 aliphatic rings. The van der Waals surface area contributed by atoms with Gasteiger partial charge in [-0.1, -0.05) is 13.8 Å². The minimum absolute atomic E-state index is 0.0752. The number of carboxylic acids is 1. The number of nitrogens with one attached hydrogen (secondary N) is 2. The van der Waals surface area contributed by atoms with Gasteiger partial charge in [-0.2, -0.15) is 0 Å². The first-order chi connectivity index (χ1) is 9.25. The third-order valence-corrected chi connectivity index (χ3v) is 3.91. The number of carboxylic acid groups (broad SMARTS) is 1. The van der Waals surface area contributed by atoms with Crippen molar-refractivity contribution >= 4 is 11.9 Å². The van der Waals surface area contributed by atoms with Gasteiger partial charge in [-0.15, -0.1) is 0 Å². The highest BCUT2D eigenvalue weighted by molar-refractivity contribution is 5.91. The van der Waals surface area contributed by atoms with E-state index in [0.29, 0.717) is 5.69 Å². The van der Waals surface area contributed by atoms with Gasteiger partial charge in [0.15, 0.2) is 0 Å². The molecule has 2 atom stereocenters.